The zero-order chi connectivity index (χ0) is 37.1. The van der Waals surface area contributed by atoms with Crippen molar-refractivity contribution < 1.29 is 51.8 Å². The summed E-state index contributed by atoms with van der Waals surface area (Å²) in [6, 6.07) is 19.4. The van der Waals surface area contributed by atoms with Crippen LogP contribution in [0.25, 0.3) is 0 Å². The van der Waals surface area contributed by atoms with E-state index in [1.54, 1.807) is 62.4 Å². The third-order valence-electron chi connectivity index (χ3n) is 7.74. The molecule has 1 heterocycles. The van der Waals surface area contributed by atoms with Gasteiger partial charge in [0.15, 0.2) is 0 Å². The number of nitrogens with one attached hydrogen (secondary N) is 3. The Morgan fingerprint density at radius 3 is 2.24 bits per heavy atom. The number of halogens is 4. The number of anilines is 1. The first-order valence-corrected chi connectivity index (χ1v) is 16.1. The summed E-state index contributed by atoms with van der Waals surface area (Å²) in [7, 11) is 2.19. The molecule has 1 fully saturated rings. The van der Waals surface area contributed by atoms with E-state index in [2.05, 4.69) is 29.1 Å². The van der Waals surface area contributed by atoms with Gasteiger partial charge in [-0.3, -0.25) is 9.59 Å². The molecule has 3 aromatic carbocycles. The van der Waals surface area contributed by atoms with Crippen LogP contribution in [0.4, 0.5) is 23.7 Å². The van der Waals surface area contributed by atoms with Crippen molar-refractivity contribution in [2.45, 2.75) is 57.9 Å². The van der Waals surface area contributed by atoms with Gasteiger partial charge in [-0.25, -0.2) is 4.79 Å². The molecular formula is C35H40ClF3N4O7. The van der Waals surface area contributed by atoms with Crippen LogP contribution in [0.2, 0.25) is 5.02 Å². The lowest BCUT2D eigenvalue weighted by molar-refractivity contribution is -0.927. The molecule has 15 heteroatoms. The van der Waals surface area contributed by atoms with Crippen LogP contribution in [0.5, 0.6) is 11.5 Å². The largest absolute Gasteiger partial charge is 0.542 e. The third-order valence-corrected chi connectivity index (χ3v) is 7.98. The molecule has 1 saturated heterocycles. The Labute approximate surface area is 293 Å². The minimum Gasteiger partial charge on any atom is -0.542 e. The van der Waals surface area contributed by atoms with Crippen molar-refractivity contribution in [2.75, 3.05) is 25.5 Å². The number of carbonyl (C=O) groups is 4. The monoisotopic (exact) mass is 720 g/mol. The summed E-state index contributed by atoms with van der Waals surface area (Å²) in [5.41, 5.74) is 2.42. The number of amides is 3. The Balaban J connectivity index is 0.000000872. The second kappa shape index (κ2) is 17.7. The van der Waals surface area contributed by atoms with E-state index in [0.29, 0.717) is 16.5 Å². The fourth-order valence-corrected chi connectivity index (χ4v) is 5.53. The molecule has 3 atom stereocenters. The smallest absolute Gasteiger partial charge is 0.430 e. The molecule has 3 aromatic rings. The molecule has 1 aliphatic rings. The molecule has 0 spiro atoms. The number of likely N-dealkylation sites (tertiary alicyclic amines) is 1. The molecule has 50 heavy (non-hydrogen) atoms. The Morgan fingerprint density at radius 1 is 1.02 bits per heavy atom. The maximum atomic E-state index is 13.6. The number of esters is 1. The summed E-state index contributed by atoms with van der Waals surface area (Å²) >= 11 is 6.21. The van der Waals surface area contributed by atoms with Gasteiger partial charge in [-0.2, -0.15) is 13.2 Å². The van der Waals surface area contributed by atoms with Crippen LogP contribution in [0.15, 0.2) is 72.8 Å². The SMILES string of the molecule is CC(C)C(=O)Oc1ccc(NC(=O)N[C@@H](Cc2ccc(O)cc2)C(=O)N[C@H]2CCC[N+](C)(Cc3cccc(Cl)c3)C2)cc1.O=C([O-])C(F)(F)F. The predicted molar refractivity (Wildman–Crippen MR) is 178 cm³/mol. The number of phenolic OH excluding ortho intramolecular Hbond substituents is 1. The number of aromatic hydroxyl groups is 1. The van der Waals surface area contributed by atoms with Crippen LogP contribution >= 0.6 is 11.6 Å². The number of carboxylic acids is 1. The lowest BCUT2D eigenvalue weighted by atomic mass is 10.00. The van der Waals surface area contributed by atoms with E-state index in [-0.39, 0.29) is 36.0 Å². The van der Waals surface area contributed by atoms with E-state index in [1.807, 2.05) is 18.2 Å². The Morgan fingerprint density at radius 2 is 1.66 bits per heavy atom. The Kier molecular flexibility index (Phi) is 14.0. The van der Waals surface area contributed by atoms with Crippen molar-refractivity contribution in [3.05, 3.63) is 88.9 Å². The molecular weight excluding hydrogens is 681 g/mol. The lowest BCUT2D eigenvalue weighted by Crippen LogP contribution is -2.59. The molecule has 0 radical (unpaired) electrons. The molecule has 0 saturated carbocycles. The number of urea groups is 1. The number of nitrogens with zero attached hydrogens (tertiary/aromatic N) is 1. The fraction of sp³-hybridized carbons (Fsp3) is 0.371. The highest BCUT2D eigenvalue weighted by atomic mass is 35.5. The fourth-order valence-electron chi connectivity index (χ4n) is 5.32. The zero-order valence-electron chi connectivity index (χ0n) is 27.8. The van der Waals surface area contributed by atoms with Crippen molar-refractivity contribution in [3.63, 3.8) is 0 Å². The second-order valence-electron chi connectivity index (χ2n) is 12.6. The lowest BCUT2D eigenvalue weighted by Gasteiger charge is -2.42. The van der Waals surface area contributed by atoms with E-state index < -0.39 is 24.2 Å². The number of quaternary nitrogens is 1. The molecule has 4 rings (SSSR count). The molecule has 0 aromatic heterocycles. The number of benzene rings is 3. The van der Waals surface area contributed by atoms with Gasteiger partial charge in [0.1, 0.15) is 30.1 Å². The normalized spacial score (nSPS) is 17.8. The van der Waals surface area contributed by atoms with E-state index in [1.165, 1.54) is 0 Å². The standard InChI is InChI=1S/C33H39ClN4O5.C2HF3O2/c1-22(2)32(41)43-29-15-11-26(12-16-29)36-33(42)37-30(19-23-9-13-28(39)14-10-23)31(40)35-27-8-5-17-38(3,21-27)20-24-6-4-7-25(34)18-24;3-2(4,5)1(6)7/h4,6-7,9-16,18,22,27,30H,5,8,17,19-21H2,1-3H3,(H3-,35,36,37,39,40,42);(H,6,7)/t27-,30-,38?;/m0./s1. The number of piperidine rings is 1. The number of likely N-dealkylation sites (N-methyl/N-ethyl adjacent to an activating group) is 1. The summed E-state index contributed by atoms with van der Waals surface area (Å²) in [6.45, 7) is 6.05. The van der Waals surface area contributed by atoms with E-state index >= 15 is 0 Å². The number of carboxylic acid groups (broad SMARTS) is 1. The third kappa shape index (κ3) is 13.2. The molecule has 270 valence electrons. The minimum atomic E-state index is -5.19. The average Bonchev–Trinajstić information content (AvgIpc) is 3.02. The highest BCUT2D eigenvalue weighted by Crippen LogP contribution is 2.23. The Hall–Kier alpha value is -4.82. The number of hydrogen-bond acceptors (Lipinski definition) is 7. The first-order valence-electron chi connectivity index (χ1n) is 15.8. The van der Waals surface area contributed by atoms with Gasteiger partial charge >= 0.3 is 18.2 Å². The molecule has 0 aliphatic carbocycles. The number of aliphatic carboxylic acids is 1. The second-order valence-corrected chi connectivity index (χ2v) is 13.0. The van der Waals surface area contributed by atoms with Gasteiger partial charge in [0.2, 0.25) is 5.91 Å². The summed E-state index contributed by atoms with van der Waals surface area (Å²) in [5.74, 6) is -3.39. The number of rotatable bonds is 10. The van der Waals surface area contributed by atoms with Gasteiger partial charge in [-0.1, -0.05) is 49.7 Å². The summed E-state index contributed by atoms with van der Waals surface area (Å²) in [6.07, 6.45) is -3.15. The summed E-state index contributed by atoms with van der Waals surface area (Å²) < 4.78 is 37.6. The number of hydrogen-bond donors (Lipinski definition) is 4. The molecule has 4 N–H and O–H groups in total. The summed E-state index contributed by atoms with van der Waals surface area (Å²) in [5, 5.41) is 27.9. The first-order chi connectivity index (χ1) is 23.4. The van der Waals surface area contributed by atoms with Crippen molar-refractivity contribution >= 4 is 41.2 Å². The summed E-state index contributed by atoms with van der Waals surface area (Å²) in [4.78, 5) is 47.2. The van der Waals surface area contributed by atoms with Gasteiger partial charge in [-0.15, -0.1) is 0 Å². The van der Waals surface area contributed by atoms with Gasteiger partial charge in [0.25, 0.3) is 0 Å². The van der Waals surface area contributed by atoms with Crippen LogP contribution in [-0.4, -0.2) is 71.9 Å². The van der Waals surface area contributed by atoms with Gasteiger partial charge < -0.3 is 40.2 Å². The van der Waals surface area contributed by atoms with E-state index in [9.17, 15) is 32.7 Å². The van der Waals surface area contributed by atoms with Gasteiger partial charge in [-0.05, 0) is 66.9 Å². The van der Waals surface area contributed by atoms with Crippen molar-refractivity contribution in [3.8, 4) is 11.5 Å². The molecule has 3 amide bonds. The van der Waals surface area contributed by atoms with Gasteiger partial charge in [0, 0.05) is 22.7 Å². The minimum absolute atomic E-state index is 0.0568. The first kappa shape index (κ1) is 39.6. The Bertz CT molecular complexity index is 1620. The number of phenols is 1. The molecule has 0 bridgehead atoms. The maximum Gasteiger partial charge on any atom is 0.430 e. The van der Waals surface area contributed by atoms with Crippen LogP contribution < -0.4 is 25.8 Å². The van der Waals surface area contributed by atoms with Crippen molar-refractivity contribution in [2.24, 2.45) is 5.92 Å². The van der Waals surface area contributed by atoms with Crippen LogP contribution in [0.1, 0.15) is 37.8 Å². The molecule has 1 aliphatic heterocycles. The van der Waals surface area contributed by atoms with Gasteiger partial charge in [0.05, 0.1) is 32.1 Å². The highest BCUT2D eigenvalue weighted by Gasteiger charge is 2.34. The van der Waals surface area contributed by atoms with Crippen molar-refractivity contribution in [1.29, 1.82) is 0 Å². The van der Waals surface area contributed by atoms with Crippen LogP contribution in [-0.2, 0) is 27.3 Å². The van der Waals surface area contributed by atoms with Crippen LogP contribution in [0.3, 0.4) is 0 Å². The van der Waals surface area contributed by atoms with E-state index in [0.717, 1.165) is 48.1 Å². The topological polar surface area (TPSA) is 157 Å². The molecule has 11 nitrogen and oxygen atoms in total. The van der Waals surface area contributed by atoms with E-state index in [4.69, 9.17) is 26.2 Å². The van der Waals surface area contributed by atoms with Crippen molar-refractivity contribution in [1.82, 2.24) is 10.6 Å². The number of ether oxygens (including phenoxy) is 1. The quantitative estimate of drug-likeness (QED) is 0.136. The maximum absolute atomic E-state index is 13.6. The average molecular weight is 721 g/mol. The number of carbonyl (C=O) groups excluding carboxylic acids is 4. The molecule has 1 unspecified atom stereocenters. The van der Waals surface area contributed by atoms with Crippen LogP contribution in [0, 0.1) is 5.92 Å². The highest BCUT2D eigenvalue weighted by molar-refractivity contribution is 6.30. The zero-order valence-corrected chi connectivity index (χ0v) is 28.5. The predicted octanol–water partition coefficient (Wildman–Crippen LogP) is 4.56. The number of alkyl halides is 3.